The molecule has 0 spiro atoms. The Bertz CT molecular complexity index is 448. The molecule has 6 heteroatoms. The van der Waals surface area contributed by atoms with E-state index in [0.29, 0.717) is 11.1 Å². The number of aromatic nitrogens is 2. The van der Waals surface area contributed by atoms with E-state index in [2.05, 4.69) is 20.0 Å². The SMILES string of the molecule is COC(=O)c1nc(C)cc(NCC2CCCCS2)n1. The van der Waals surface area contributed by atoms with Gasteiger partial charge in [0.15, 0.2) is 0 Å². The molecule has 1 N–H and O–H groups in total. The Morgan fingerprint density at radius 1 is 1.53 bits per heavy atom. The average Bonchev–Trinajstić information content (AvgIpc) is 2.45. The second-order valence-corrected chi connectivity index (χ2v) is 5.99. The number of hydrogen-bond donors (Lipinski definition) is 1. The van der Waals surface area contributed by atoms with Gasteiger partial charge in [0.1, 0.15) is 5.82 Å². The molecule has 1 aliphatic rings. The Labute approximate surface area is 117 Å². The van der Waals surface area contributed by atoms with Gasteiger partial charge in [0.05, 0.1) is 7.11 Å². The quantitative estimate of drug-likeness (QED) is 0.854. The molecule has 0 radical (unpaired) electrons. The first-order chi connectivity index (χ1) is 9.19. The molecule has 0 saturated carbocycles. The zero-order valence-corrected chi connectivity index (χ0v) is 12.1. The first-order valence-corrected chi connectivity index (χ1v) is 7.53. The number of aryl methyl sites for hydroxylation is 1. The van der Waals surface area contributed by atoms with Crippen molar-refractivity contribution < 1.29 is 9.53 Å². The molecule has 1 unspecified atom stereocenters. The van der Waals surface area contributed by atoms with Crippen LogP contribution in [0.15, 0.2) is 6.07 Å². The van der Waals surface area contributed by atoms with E-state index in [-0.39, 0.29) is 5.82 Å². The van der Waals surface area contributed by atoms with Gasteiger partial charge in [0.2, 0.25) is 5.82 Å². The van der Waals surface area contributed by atoms with Crippen LogP contribution < -0.4 is 5.32 Å². The van der Waals surface area contributed by atoms with Crippen molar-refractivity contribution in [3.63, 3.8) is 0 Å². The van der Waals surface area contributed by atoms with Crippen molar-refractivity contribution in [2.45, 2.75) is 31.4 Å². The normalized spacial score (nSPS) is 18.9. The third-order valence-corrected chi connectivity index (χ3v) is 4.41. The topological polar surface area (TPSA) is 64.1 Å². The maximum absolute atomic E-state index is 11.4. The van der Waals surface area contributed by atoms with Crippen molar-refractivity contribution in [3.05, 3.63) is 17.6 Å². The average molecular weight is 281 g/mol. The lowest BCUT2D eigenvalue weighted by molar-refractivity contribution is 0.0586. The monoisotopic (exact) mass is 281 g/mol. The summed E-state index contributed by atoms with van der Waals surface area (Å²) in [6.45, 7) is 2.72. The second kappa shape index (κ2) is 6.75. The number of anilines is 1. The van der Waals surface area contributed by atoms with E-state index in [4.69, 9.17) is 0 Å². The fraction of sp³-hybridized carbons (Fsp3) is 0.615. The third-order valence-electron chi connectivity index (χ3n) is 3.01. The number of hydrogen-bond acceptors (Lipinski definition) is 6. The van der Waals surface area contributed by atoms with E-state index in [9.17, 15) is 4.79 Å². The predicted octanol–water partition coefficient (Wildman–Crippen LogP) is 2.27. The maximum Gasteiger partial charge on any atom is 0.376 e. The van der Waals surface area contributed by atoms with Gasteiger partial charge in [-0.1, -0.05) is 6.42 Å². The number of ether oxygens (including phenoxy) is 1. The number of thioether (sulfide) groups is 1. The summed E-state index contributed by atoms with van der Waals surface area (Å²) in [5.41, 5.74) is 0.759. The number of esters is 1. The molecule has 0 bridgehead atoms. The van der Waals surface area contributed by atoms with Gasteiger partial charge in [-0.15, -0.1) is 0 Å². The summed E-state index contributed by atoms with van der Waals surface area (Å²) < 4.78 is 4.64. The zero-order valence-electron chi connectivity index (χ0n) is 11.3. The summed E-state index contributed by atoms with van der Waals surface area (Å²) in [5.74, 6) is 1.54. The minimum absolute atomic E-state index is 0.112. The number of carbonyl (C=O) groups is 1. The lowest BCUT2D eigenvalue weighted by Crippen LogP contribution is -2.21. The Kier molecular flexibility index (Phi) is 5.01. The van der Waals surface area contributed by atoms with Crippen molar-refractivity contribution >= 4 is 23.5 Å². The van der Waals surface area contributed by atoms with E-state index in [1.54, 1.807) is 0 Å². The van der Waals surface area contributed by atoms with Crippen LogP contribution in [0.3, 0.4) is 0 Å². The van der Waals surface area contributed by atoms with E-state index in [1.807, 2.05) is 24.8 Å². The highest BCUT2D eigenvalue weighted by atomic mass is 32.2. The van der Waals surface area contributed by atoms with Gasteiger partial charge in [-0.25, -0.2) is 14.8 Å². The molecule has 1 fully saturated rings. The highest BCUT2D eigenvalue weighted by Gasteiger charge is 2.15. The first kappa shape index (κ1) is 14.1. The fourth-order valence-electron chi connectivity index (χ4n) is 2.03. The summed E-state index contributed by atoms with van der Waals surface area (Å²) >= 11 is 2.00. The van der Waals surface area contributed by atoms with Crippen LogP contribution in [0.25, 0.3) is 0 Å². The summed E-state index contributed by atoms with van der Waals surface area (Å²) in [6.07, 6.45) is 3.86. The van der Waals surface area contributed by atoms with Crippen molar-refractivity contribution in [2.24, 2.45) is 0 Å². The van der Waals surface area contributed by atoms with E-state index in [1.165, 1.54) is 32.1 Å². The molecule has 104 valence electrons. The zero-order chi connectivity index (χ0) is 13.7. The Hall–Kier alpha value is -1.30. The van der Waals surface area contributed by atoms with Crippen LogP contribution in [0.1, 0.15) is 35.6 Å². The molecule has 1 aromatic rings. The molecule has 1 atom stereocenters. The van der Waals surface area contributed by atoms with Crippen LogP contribution >= 0.6 is 11.8 Å². The predicted molar refractivity (Wildman–Crippen MR) is 76.7 cm³/mol. The van der Waals surface area contributed by atoms with E-state index >= 15 is 0 Å². The van der Waals surface area contributed by atoms with Crippen molar-refractivity contribution in [1.29, 1.82) is 0 Å². The molecule has 5 nitrogen and oxygen atoms in total. The Balaban J connectivity index is 1.99. The molecule has 2 heterocycles. The van der Waals surface area contributed by atoms with Crippen LogP contribution in [-0.2, 0) is 4.74 Å². The maximum atomic E-state index is 11.4. The molecule has 1 aliphatic heterocycles. The minimum atomic E-state index is -0.501. The molecule has 19 heavy (non-hydrogen) atoms. The Morgan fingerprint density at radius 2 is 2.37 bits per heavy atom. The first-order valence-electron chi connectivity index (χ1n) is 6.48. The van der Waals surface area contributed by atoms with Crippen molar-refractivity contribution in [2.75, 3.05) is 24.7 Å². The van der Waals surface area contributed by atoms with Crippen LogP contribution in [-0.4, -0.2) is 40.6 Å². The van der Waals surface area contributed by atoms with E-state index < -0.39 is 5.97 Å². The largest absolute Gasteiger partial charge is 0.463 e. The van der Waals surface area contributed by atoms with Gasteiger partial charge >= 0.3 is 5.97 Å². The fourth-order valence-corrected chi connectivity index (χ4v) is 3.27. The lowest BCUT2D eigenvalue weighted by Gasteiger charge is -2.21. The summed E-state index contributed by atoms with van der Waals surface area (Å²) in [4.78, 5) is 19.7. The van der Waals surface area contributed by atoms with Gasteiger partial charge in [0.25, 0.3) is 0 Å². The van der Waals surface area contributed by atoms with Crippen molar-refractivity contribution in [3.8, 4) is 0 Å². The smallest absolute Gasteiger partial charge is 0.376 e. The standard InChI is InChI=1S/C13H19N3O2S/c1-9-7-11(16-12(15-9)13(17)18-2)14-8-10-5-3-4-6-19-10/h7,10H,3-6,8H2,1-2H3,(H,14,15,16). The minimum Gasteiger partial charge on any atom is -0.463 e. The molecule has 0 amide bonds. The van der Waals surface area contributed by atoms with E-state index in [0.717, 1.165) is 12.2 Å². The number of nitrogens with zero attached hydrogens (tertiary/aromatic N) is 2. The van der Waals surface area contributed by atoms with Gasteiger partial charge < -0.3 is 10.1 Å². The van der Waals surface area contributed by atoms with Gasteiger partial charge in [-0.05, 0) is 25.5 Å². The van der Waals surface area contributed by atoms with Crippen molar-refractivity contribution in [1.82, 2.24) is 9.97 Å². The van der Waals surface area contributed by atoms with Gasteiger partial charge in [-0.2, -0.15) is 11.8 Å². The molecule has 0 aliphatic carbocycles. The second-order valence-electron chi connectivity index (χ2n) is 4.58. The highest BCUT2D eigenvalue weighted by molar-refractivity contribution is 7.99. The van der Waals surface area contributed by atoms with Crippen LogP contribution in [0, 0.1) is 6.92 Å². The lowest BCUT2D eigenvalue weighted by atomic mass is 10.2. The van der Waals surface area contributed by atoms with Crippen LogP contribution in [0.5, 0.6) is 0 Å². The summed E-state index contributed by atoms with van der Waals surface area (Å²) in [7, 11) is 1.33. The molecule has 0 aromatic carbocycles. The van der Waals surface area contributed by atoms with Crippen LogP contribution in [0.2, 0.25) is 0 Å². The molecule has 2 rings (SSSR count). The molecular weight excluding hydrogens is 262 g/mol. The summed E-state index contributed by atoms with van der Waals surface area (Å²) in [6, 6.07) is 1.85. The number of nitrogens with one attached hydrogen (secondary N) is 1. The molecular formula is C13H19N3O2S. The number of carbonyl (C=O) groups excluding carboxylic acids is 1. The number of rotatable bonds is 4. The molecule has 1 aromatic heterocycles. The van der Waals surface area contributed by atoms with Crippen LogP contribution in [0.4, 0.5) is 5.82 Å². The summed E-state index contributed by atoms with van der Waals surface area (Å²) in [5, 5.41) is 3.93. The van der Waals surface area contributed by atoms with Gasteiger partial charge in [0, 0.05) is 23.6 Å². The number of methoxy groups -OCH3 is 1. The third kappa shape index (κ3) is 4.09. The Morgan fingerprint density at radius 3 is 3.05 bits per heavy atom. The molecule has 1 saturated heterocycles. The highest BCUT2D eigenvalue weighted by Crippen LogP contribution is 2.25. The van der Waals surface area contributed by atoms with Gasteiger partial charge in [-0.3, -0.25) is 0 Å².